The lowest BCUT2D eigenvalue weighted by Crippen LogP contribution is -2.39. The zero-order valence-corrected chi connectivity index (χ0v) is 12.3. The Labute approximate surface area is 112 Å². The van der Waals surface area contributed by atoms with Gasteiger partial charge in [-0.3, -0.25) is 0 Å². The van der Waals surface area contributed by atoms with Gasteiger partial charge in [0, 0.05) is 26.3 Å². The number of hydrogen-bond acceptors (Lipinski definition) is 4. The minimum absolute atomic E-state index is 0.314. The van der Waals surface area contributed by atoms with Crippen molar-refractivity contribution in [2.75, 3.05) is 33.5 Å². The van der Waals surface area contributed by atoms with Gasteiger partial charge in [0.15, 0.2) is 0 Å². The first-order chi connectivity index (χ1) is 8.74. The number of aliphatic hydroxyl groups is 1. The fourth-order valence-corrected chi connectivity index (χ4v) is 1.73. The van der Waals surface area contributed by atoms with Crippen molar-refractivity contribution in [3.8, 4) is 0 Å². The summed E-state index contributed by atoms with van der Waals surface area (Å²) in [5.41, 5.74) is 0. The molecule has 0 aliphatic carbocycles. The summed E-state index contributed by atoms with van der Waals surface area (Å²) in [4.78, 5) is 0. The van der Waals surface area contributed by atoms with Gasteiger partial charge in [0.05, 0.1) is 19.3 Å². The Kier molecular flexibility index (Phi) is 13.2. The first-order valence-corrected chi connectivity index (χ1v) is 7.22. The minimum atomic E-state index is -0.429. The van der Waals surface area contributed by atoms with Crippen LogP contribution in [0.2, 0.25) is 0 Å². The molecule has 4 heteroatoms. The molecule has 110 valence electrons. The molecule has 0 saturated carbocycles. The van der Waals surface area contributed by atoms with Crippen molar-refractivity contribution in [1.82, 2.24) is 5.32 Å². The molecular weight excluding hydrogens is 230 g/mol. The van der Waals surface area contributed by atoms with E-state index >= 15 is 0 Å². The molecule has 0 rings (SSSR count). The largest absolute Gasteiger partial charge is 0.389 e. The highest BCUT2D eigenvalue weighted by Gasteiger charge is 2.09. The highest BCUT2D eigenvalue weighted by molar-refractivity contribution is 4.67. The molecule has 2 atom stereocenters. The summed E-state index contributed by atoms with van der Waals surface area (Å²) in [6.07, 6.45) is 5.39. The maximum atomic E-state index is 9.74. The molecule has 0 aliphatic heterocycles. The van der Waals surface area contributed by atoms with Crippen molar-refractivity contribution in [1.29, 1.82) is 0 Å². The molecule has 0 bridgehead atoms. The maximum Gasteiger partial charge on any atom is 0.0897 e. The third-order valence-corrected chi connectivity index (χ3v) is 2.96. The second-order valence-corrected chi connectivity index (χ2v) is 4.76. The molecule has 0 heterocycles. The van der Waals surface area contributed by atoms with Crippen LogP contribution < -0.4 is 5.32 Å². The van der Waals surface area contributed by atoms with Gasteiger partial charge in [-0.2, -0.15) is 0 Å². The fourth-order valence-electron chi connectivity index (χ4n) is 1.73. The van der Waals surface area contributed by atoms with Crippen molar-refractivity contribution in [2.24, 2.45) is 0 Å². The minimum Gasteiger partial charge on any atom is -0.389 e. The fraction of sp³-hybridized carbons (Fsp3) is 1.00. The Morgan fingerprint density at radius 2 is 1.89 bits per heavy atom. The molecule has 0 aromatic rings. The van der Waals surface area contributed by atoms with E-state index in [-0.39, 0.29) is 0 Å². The van der Waals surface area contributed by atoms with Crippen LogP contribution in [0.4, 0.5) is 0 Å². The van der Waals surface area contributed by atoms with E-state index in [2.05, 4.69) is 19.2 Å². The lowest BCUT2D eigenvalue weighted by Gasteiger charge is -2.18. The first-order valence-electron chi connectivity index (χ1n) is 7.22. The molecule has 2 N–H and O–H groups in total. The van der Waals surface area contributed by atoms with Crippen molar-refractivity contribution in [2.45, 2.75) is 58.1 Å². The van der Waals surface area contributed by atoms with Crippen molar-refractivity contribution >= 4 is 0 Å². The van der Waals surface area contributed by atoms with Gasteiger partial charge in [0.1, 0.15) is 0 Å². The second kappa shape index (κ2) is 13.3. The summed E-state index contributed by atoms with van der Waals surface area (Å²) in [5, 5.41) is 13.0. The summed E-state index contributed by atoms with van der Waals surface area (Å²) in [6, 6.07) is 0.314. The van der Waals surface area contributed by atoms with Crippen molar-refractivity contribution < 1.29 is 14.6 Å². The van der Waals surface area contributed by atoms with Gasteiger partial charge in [-0.15, -0.1) is 0 Å². The average Bonchev–Trinajstić information content (AvgIpc) is 2.38. The maximum absolute atomic E-state index is 9.74. The first kappa shape index (κ1) is 17.8. The van der Waals surface area contributed by atoms with Gasteiger partial charge in [0.2, 0.25) is 0 Å². The highest BCUT2D eigenvalue weighted by atomic mass is 16.5. The van der Waals surface area contributed by atoms with Crippen LogP contribution in [0.25, 0.3) is 0 Å². The predicted molar refractivity (Wildman–Crippen MR) is 74.9 cm³/mol. The van der Waals surface area contributed by atoms with Gasteiger partial charge >= 0.3 is 0 Å². The summed E-state index contributed by atoms with van der Waals surface area (Å²) in [6.45, 7) is 6.72. The molecule has 0 amide bonds. The molecule has 0 fully saturated rings. The predicted octanol–water partition coefficient (Wildman–Crippen LogP) is 1.96. The van der Waals surface area contributed by atoms with Crippen molar-refractivity contribution in [3.63, 3.8) is 0 Å². The van der Waals surface area contributed by atoms with Crippen LogP contribution in [0.1, 0.15) is 46.0 Å². The van der Waals surface area contributed by atoms with Gasteiger partial charge in [0.25, 0.3) is 0 Å². The van der Waals surface area contributed by atoms with Crippen LogP contribution in [-0.4, -0.2) is 50.7 Å². The van der Waals surface area contributed by atoms with E-state index in [1.54, 1.807) is 7.11 Å². The summed E-state index contributed by atoms with van der Waals surface area (Å²) >= 11 is 0. The Morgan fingerprint density at radius 3 is 2.50 bits per heavy atom. The standard InChI is InChI=1S/C14H31NO3/c1-4-6-7-8-9-18-12-14(16)10-15-13(5-2)11-17-3/h13-16H,4-12H2,1-3H3. The Bertz CT molecular complexity index is 167. The SMILES string of the molecule is CCCCCCOCC(O)CNC(CC)COC. The van der Waals surface area contributed by atoms with Gasteiger partial charge in [-0.25, -0.2) is 0 Å². The highest BCUT2D eigenvalue weighted by Crippen LogP contribution is 1.99. The van der Waals surface area contributed by atoms with Crippen LogP contribution in [0.3, 0.4) is 0 Å². The van der Waals surface area contributed by atoms with Gasteiger partial charge < -0.3 is 19.9 Å². The average molecular weight is 261 g/mol. The monoisotopic (exact) mass is 261 g/mol. The quantitative estimate of drug-likeness (QED) is 0.498. The number of hydrogen-bond donors (Lipinski definition) is 2. The van der Waals surface area contributed by atoms with Crippen LogP contribution in [-0.2, 0) is 9.47 Å². The van der Waals surface area contributed by atoms with Crippen LogP contribution >= 0.6 is 0 Å². The molecule has 4 nitrogen and oxygen atoms in total. The van der Waals surface area contributed by atoms with E-state index in [0.29, 0.717) is 25.8 Å². The summed E-state index contributed by atoms with van der Waals surface area (Å²) in [7, 11) is 1.69. The van der Waals surface area contributed by atoms with E-state index < -0.39 is 6.10 Å². The third-order valence-electron chi connectivity index (χ3n) is 2.96. The molecule has 18 heavy (non-hydrogen) atoms. The lowest BCUT2D eigenvalue weighted by atomic mass is 10.2. The van der Waals surface area contributed by atoms with E-state index in [9.17, 15) is 5.11 Å². The zero-order valence-electron chi connectivity index (χ0n) is 12.3. The summed E-state index contributed by atoms with van der Waals surface area (Å²) in [5.74, 6) is 0. The zero-order chi connectivity index (χ0) is 13.6. The number of ether oxygens (including phenoxy) is 2. The lowest BCUT2D eigenvalue weighted by molar-refractivity contribution is 0.0321. The second-order valence-electron chi connectivity index (χ2n) is 4.76. The molecule has 0 aromatic carbocycles. The molecule has 0 saturated heterocycles. The van der Waals surface area contributed by atoms with E-state index in [4.69, 9.17) is 9.47 Å². The number of rotatable bonds is 13. The topological polar surface area (TPSA) is 50.7 Å². The normalized spacial score (nSPS) is 14.7. The van der Waals surface area contributed by atoms with Crippen molar-refractivity contribution in [3.05, 3.63) is 0 Å². The molecule has 0 aliphatic rings. The third kappa shape index (κ3) is 11.0. The van der Waals surface area contributed by atoms with E-state index in [1.807, 2.05) is 0 Å². The smallest absolute Gasteiger partial charge is 0.0897 e. The molecule has 0 aromatic heterocycles. The Morgan fingerprint density at radius 1 is 1.11 bits per heavy atom. The number of unbranched alkanes of at least 4 members (excludes halogenated alkanes) is 3. The number of nitrogens with one attached hydrogen (secondary N) is 1. The number of aliphatic hydroxyl groups excluding tert-OH is 1. The molecule has 0 radical (unpaired) electrons. The molecule has 0 spiro atoms. The Hall–Kier alpha value is -0.160. The van der Waals surface area contributed by atoms with E-state index in [0.717, 1.165) is 19.4 Å². The molecular formula is C14H31NO3. The summed E-state index contributed by atoms with van der Waals surface area (Å²) < 4.78 is 10.5. The van der Waals surface area contributed by atoms with Gasteiger partial charge in [-0.05, 0) is 12.8 Å². The number of methoxy groups -OCH3 is 1. The van der Waals surface area contributed by atoms with Crippen LogP contribution in [0.5, 0.6) is 0 Å². The molecule has 2 unspecified atom stereocenters. The van der Waals surface area contributed by atoms with Crippen LogP contribution in [0.15, 0.2) is 0 Å². The van der Waals surface area contributed by atoms with Gasteiger partial charge in [-0.1, -0.05) is 33.1 Å². The Balaban J connectivity index is 3.38. The van der Waals surface area contributed by atoms with Crippen LogP contribution in [0, 0.1) is 0 Å². The van der Waals surface area contributed by atoms with E-state index in [1.165, 1.54) is 19.3 Å².